The standard InChI is InChI=1S/C49H73N6O4S2/c1-50(26-8-9-29-51-27-6-4-12-46(51)20-14-44-16-22-48(23-17-44)53(31-38-56)32-39-57)35-42-60-61-43-37-55(2,3)36-11-10-30-52-28-7-5-13-47(52)21-15-45-18-24-49(25-19-45)54(33-40-58)34-41-59/h4-7,12-25,27-28,56-59H,8-11,26,29-43H2,1-3H3/q+3/p+1. The van der Waals surface area contributed by atoms with Crippen LogP contribution in [0.15, 0.2) is 97.3 Å². The molecule has 2 heterocycles. The molecule has 0 radical (unpaired) electrons. The Morgan fingerprint density at radius 3 is 1.48 bits per heavy atom. The van der Waals surface area contributed by atoms with Crippen molar-refractivity contribution in [2.75, 3.05) is 121 Å². The van der Waals surface area contributed by atoms with Crippen molar-refractivity contribution in [3.63, 3.8) is 0 Å². The summed E-state index contributed by atoms with van der Waals surface area (Å²) >= 11 is 0. The highest BCUT2D eigenvalue weighted by Gasteiger charge is 2.16. The topological polar surface area (TPSA) is 99.6 Å². The van der Waals surface area contributed by atoms with Gasteiger partial charge in [-0.2, -0.15) is 9.13 Å². The summed E-state index contributed by atoms with van der Waals surface area (Å²) in [5, 5.41) is 37.4. The summed E-state index contributed by atoms with van der Waals surface area (Å²) in [6, 6.07) is 29.3. The van der Waals surface area contributed by atoms with Gasteiger partial charge in [-0.25, -0.2) is 0 Å². The number of quaternary nitrogens is 2. The second-order valence-corrected chi connectivity index (χ2v) is 19.0. The molecule has 0 aliphatic carbocycles. The van der Waals surface area contributed by atoms with Crippen LogP contribution >= 0.6 is 21.6 Å². The number of aliphatic hydroxyl groups excluding tert-OH is 4. The van der Waals surface area contributed by atoms with Crippen molar-refractivity contribution in [1.29, 1.82) is 0 Å². The molecule has 0 aliphatic heterocycles. The molecule has 0 spiro atoms. The second-order valence-electron chi connectivity index (χ2n) is 16.3. The Morgan fingerprint density at radius 1 is 0.541 bits per heavy atom. The Morgan fingerprint density at radius 2 is 1.00 bits per heavy atom. The highest BCUT2D eigenvalue weighted by Crippen LogP contribution is 2.21. The van der Waals surface area contributed by atoms with E-state index in [4.69, 9.17) is 0 Å². The molecule has 10 nitrogen and oxygen atoms in total. The van der Waals surface area contributed by atoms with Crippen LogP contribution in [0.2, 0.25) is 0 Å². The van der Waals surface area contributed by atoms with Crippen LogP contribution in [0, 0.1) is 0 Å². The van der Waals surface area contributed by atoms with E-state index < -0.39 is 0 Å². The first-order valence-electron chi connectivity index (χ1n) is 22.1. The quantitative estimate of drug-likeness (QED) is 0.0220. The van der Waals surface area contributed by atoms with Crippen LogP contribution in [0.1, 0.15) is 48.2 Å². The number of nitrogens with one attached hydrogen (secondary N) is 1. The summed E-state index contributed by atoms with van der Waals surface area (Å²) in [6.07, 6.45) is 17.7. The zero-order chi connectivity index (χ0) is 43.5. The lowest BCUT2D eigenvalue weighted by Gasteiger charge is -2.29. The number of hydrogen-bond acceptors (Lipinski definition) is 8. The number of unbranched alkanes of at least 4 members (excludes halogenated alkanes) is 2. The maximum Gasteiger partial charge on any atom is 0.205 e. The number of pyridine rings is 2. The van der Waals surface area contributed by atoms with E-state index in [-0.39, 0.29) is 26.4 Å². The van der Waals surface area contributed by atoms with Gasteiger partial charge >= 0.3 is 0 Å². The Bertz CT molecular complexity index is 1830. The van der Waals surface area contributed by atoms with Gasteiger partial charge in [-0.3, -0.25) is 0 Å². The average Bonchev–Trinajstić information content (AvgIpc) is 3.27. The molecule has 4 aromatic rings. The lowest BCUT2D eigenvalue weighted by Crippen LogP contribution is -3.09. The monoisotopic (exact) mass is 875 g/mol. The van der Waals surface area contributed by atoms with Crippen molar-refractivity contribution in [2.45, 2.75) is 38.8 Å². The molecule has 0 fully saturated rings. The van der Waals surface area contributed by atoms with E-state index in [0.29, 0.717) is 26.2 Å². The molecule has 0 aliphatic rings. The highest BCUT2D eigenvalue weighted by molar-refractivity contribution is 8.76. The third-order valence-electron chi connectivity index (χ3n) is 11.0. The Balaban J connectivity index is 1.07. The summed E-state index contributed by atoms with van der Waals surface area (Å²) in [5.74, 6) is 2.35. The van der Waals surface area contributed by atoms with Crippen molar-refractivity contribution in [3.05, 3.63) is 120 Å². The van der Waals surface area contributed by atoms with Crippen LogP contribution in [0.25, 0.3) is 24.3 Å². The fourth-order valence-corrected chi connectivity index (χ4v) is 9.67. The molecule has 0 amide bonds. The predicted molar refractivity (Wildman–Crippen MR) is 259 cm³/mol. The van der Waals surface area contributed by atoms with Crippen molar-refractivity contribution < 1.29 is 38.9 Å². The molecule has 1 unspecified atom stereocenters. The van der Waals surface area contributed by atoms with Crippen molar-refractivity contribution >= 4 is 57.3 Å². The number of anilines is 2. The predicted octanol–water partition coefficient (Wildman–Crippen LogP) is 4.42. The van der Waals surface area contributed by atoms with Gasteiger partial charge in [0, 0.05) is 99.7 Å². The first kappa shape index (κ1) is 49.9. The summed E-state index contributed by atoms with van der Waals surface area (Å²) in [5.41, 5.74) is 6.63. The molecule has 12 heteroatoms. The normalized spacial score (nSPS) is 12.4. The third kappa shape index (κ3) is 19.1. The van der Waals surface area contributed by atoms with Gasteiger partial charge in [0.05, 0.1) is 85.3 Å². The van der Waals surface area contributed by atoms with Gasteiger partial charge in [-0.15, -0.1) is 0 Å². The van der Waals surface area contributed by atoms with Gasteiger partial charge in [-0.1, -0.05) is 45.9 Å². The van der Waals surface area contributed by atoms with Gasteiger partial charge in [0.15, 0.2) is 12.4 Å². The second kappa shape index (κ2) is 28.8. The van der Waals surface area contributed by atoms with E-state index in [1.807, 2.05) is 55.7 Å². The van der Waals surface area contributed by atoms with Crippen LogP contribution in [0.5, 0.6) is 0 Å². The van der Waals surface area contributed by atoms with Crippen molar-refractivity contribution in [2.24, 2.45) is 0 Å². The van der Waals surface area contributed by atoms with Crippen molar-refractivity contribution in [1.82, 2.24) is 0 Å². The summed E-state index contributed by atoms with van der Waals surface area (Å²) in [4.78, 5) is 5.58. The molecule has 61 heavy (non-hydrogen) atoms. The molecule has 2 aromatic heterocycles. The average molecular weight is 875 g/mol. The van der Waals surface area contributed by atoms with Gasteiger partial charge in [0.25, 0.3) is 0 Å². The summed E-state index contributed by atoms with van der Waals surface area (Å²) in [6.45, 7) is 9.01. The molecule has 0 saturated carbocycles. The van der Waals surface area contributed by atoms with Crippen LogP contribution in [-0.4, -0.2) is 136 Å². The van der Waals surface area contributed by atoms with E-state index in [1.165, 1.54) is 61.9 Å². The van der Waals surface area contributed by atoms with Crippen LogP contribution in [0.3, 0.4) is 0 Å². The number of aromatic nitrogens is 2. The molecule has 2 aromatic carbocycles. The minimum absolute atomic E-state index is 0.0601. The fraction of sp³-hybridized carbons (Fsp3) is 0.469. The van der Waals surface area contributed by atoms with E-state index in [1.54, 1.807) is 4.90 Å². The molecular weight excluding hydrogens is 801 g/mol. The maximum atomic E-state index is 9.36. The minimum Gasteiger partial charge on any atom is -0.395 e. The molecule has 0 saturated heterocycles. The SMILES string of the molecule is C[NH+](CCCC[n+]1ccccc1/C=C/c1ccc(N(CCO)CCO)cc1)CCSSCC[N+](C)(C)CCCC[n+]1ccccc1/C=C/c1ccc(N(CCO)CCO)cc1. The molecule has 1 atom stereocenters. The van der Waals surface area contributed by atoms with Gasteiger partial charge in [0.2, 0.25) is 11.4 Å². The van der Waals surface area contributed by atoms with E-state index in [2.05, 4.69) is 128 Å². The zero-order valence-corrected chi connectivity index (χ0v) is 38.7. The number of rotatable bonds is 31. The molecular formula is C49H74N6O4S2+4. The first-order chi connectivity index (χ1) is 29.7. The highest BCUT2D eigenvalue weighted by atomic mass is 33.1. The smallest absolute Gasteiger partial charge is 0.205 e. The van der Waals surface area contributed by atoms with Gasteiger partial charge < -0.3 is 39.6 Å². The molecule has 4 rings (SSSR count). The number of aliphatic hydroxyl groups is 4. The summed E-state index contributed by atoms with van der Waals surface area (Å²) in [7, 11) is 11.1. The van der Waals surface area contributed by atoms with Crippen LogP contribution in [-0.2, 0) is 13.1 Å². The Hall–Kier alpha value is -3.72. The molecule has 5 N–H and O–H groups in total. The Kier molecular flexibility index (Phi) is 23.6. The number of benzene rings is 2. The lowest BCUT2D eigenvalue weighted by molar-refractivity contribution is -0.888. The van der Waals surface area contributed by atoms with Crippen LogP contribution in [0.4, 0.5) is 11.4 Å². The van der Waals surface area contributed by atoms with Gasteiger partial charge in [0.1, 0.15) is 13.1 Å². The Labute approximate surface area is 374 Å². The zero-order valence-electron chi connectivity index (χ0n) is 37.0. The van der Waals surface area contributed by atoms with Gasteiger partial charge in [-0.05, 0) is 59.7 Å². The first-order valence-corrected chi connectivity index (χ1v) is 24.6. The van der Waals surface area contributed by atoms with E-state index in [9.17, 15) is 20.4 Å². The molecule has 0 bridgehead atoms. The van der Waals surface area contributed by atoms with E-state index in [0.717, 1.165) is 52.9 Å². The van der Waals surface area contributed by atoms with Crippen molar-refractivity contribution in [3.8, 4) is 0 Å². The molecule has 332 valence electrons. The largest absolute Gasteiger partial charge is 0.395 e. The lowest BCUT2D eigenvalue weighted by atomic mass is 10.1. The maximum absolute atomic E-state index is 9.36. The minimum atomic E-state index is 0.0601. The number of hydrogen-bond donors (Lipinski definition) is 5. The summed E-state index contributed by atoms with van der Waals surface area (Å²) < 4.78 is 5.74. The van der Waals surface area contributed by atoms with E-state index >= 15 is 0 Å². The third-order valence-corrected chi connectivity index (χ3v) is 13.4. The fourth-order valence-electron chi connectivity index (χ4n) is 7.25. The van der Waals surface area contributed by atoms with Crippen LogP contribution < -0.4 is 23.8 Å². The number of aryl methyl sites for hydroxylation is 2. The number of nitrogens with zero attached hydrogens (tertiary/aromatic N) is 5.